The van der Waals surface area contributed by atoms with E-state index in [4.69, 9.17) is 10.5 Å². The van der Waals surface area contributed by atoms with Crippen molar-refractivity contribution in [1.29, 1.82) is 0 Å². The minimum absolute atomic E-state index is 0.0148. The fourth-order valence-electron chi connectivity index (χ4n) is 2.19. The van der Waals surface area contributed by atoms with Gasteiger partial charge in [0.05, 0.1) is 30.6 Å². The van der Waals surface area contributed by atoms with E-state index >= 15 is 0 Å². The average Bonchev–Trinajstić information content (AvgIpc) is 2.79. The Balaban J connectivity index is 1.88. The van der Waals surface area contributed by atoms with Crippen molar-refractivity contribution in [2.24, 2.45) is 5.73 Å². The topological polar surface area (TPSA) is 66.0 Å². The molecule has 1 aliphatic rings. The van der Waals surface area contributed by atoms with Gasteiger partial charge >= 0.3 is 0 Å². The molecule has 0 amide bonds. The minimum atomic E-state index is 0.0148. The Kier molecular flexibility index (Phi) is 4.50. The van der Waals surface area contributed by atoms with E-state index in [0.29, 0.717) is 6.10 Å². The number of hydrogen-bond donors (Lipinski definition) is 1. The number of rotatable bonds is 5. The van der Waals surface area contributed by atoms with Crippen molar-refractivity contribution in [1.82, 2.24) is 15.0 Å². The van der Waals surface area contributed by atoms with Gasteiger partial charge in [0.25, 0.3) is 0 Å². The molecule has 1 saturated heterocycles. The maximum Gasteiger partial charge on any atom is 0.0994 e. The first-order valence-corrected chi connectivity index (χ1v) is 6.56. The first-order valence-electron chi connectivity index (χ1n) is 6.56. The molecule has 1 aromatic heterocycles. The SMILES string of the molecule is CCCC(N)c1cn(CC2CCCCO2)nn1. The molecule has 2 rings (SSSR count). The lowest BCUT2D eigenvalue weighted by Crippen LogP contribution is -2.24. The summed E-state index contributed by atoms with van der Waals surface area (Å²) in [5.74, 6) is 0. The normalized spacial score (nSPS) is 22.6. The van der Waals surface area contributed by atoms with Crippen LogP contribution in [0.2, 0.25) is 0 Å². The molecule has 17 heavy (non-hydrogen) atoms. The van der Waals surface area contributed by atoms with Crippen LogP contribution in [0.5, 0.6) is 0 Å². The highest BCUT2D eigenvalue weighted by Crippen LogP contribution is 2.16. The summed E-state index contributed by atoms with van der Waals surface area (Å²) in [6.07, 6.45) is 7.83. The quantitative estimate of drug-likeness (QED) is 0.847. The zero-order chi connectivity index (χ0) is 12.1. The molecule has 0 aliphatic carbocycles. The molecule has 0 spiro atoms. The molecule has 0 bridgehead atoms. The molecule has 2 atom stereocenters. The summed E-state index contributed by atoms with van der Waals surface area (Å²) in [5, 5.41) is 8.25. The largest absolute Gasteiger partial charge is 0.376 e. The Morgan fingerprint density at radius 1 is 1.59 bits per heavy atom. The van der Waals surface area contributed by atoms with E-state index < -0.39 is 0 Å². The minimum Gasteiger partial charge on any atom is -0.376 e. The lowest BCUT2D eigenvalue weighted by molar-refractivity contribution is 0.00369. The van der Waals surface area contributed by atoms with Gasteiger partial charge in [-0.15, -0.1) is 5.10 Å². The molecule has 96 valence electrons. The fraction of sp³-hybridized carbons (Fsp3) is 0.833. The van der Waals surface area contributed by atoms with E-state index in [1.54, 1.807) is 0 Å². The van der Waals surface area contributed by atoms with E-state index in [1.165, 1.54) is 12.8 Å². The van der Waals surface area contributed by atoms with Crippen molar-refractivity contribution in [2.75, 3.05) is 6.61 Å². The van der Waals surface area contributed by atoms with Crippen LogP contribution in [-0.2, 0) is 11.3 Å². The lowest BCUT2D eigenvalue weighted by atomic mass is 10.1. The maximum absolute atomic E-state index is 6.00. The number of ether oxygens (including phenoxy) is 1. The Labute approximate surface area is 102 Å². The molecule has 0 aromatic carbocycles. The molecule has 1 fully saturated rings. The molecule has 2 heterocycles. The second kappa shape index (κ2) is 6.12. The van der Waals surface area contributed by atoms with Crippen LogP contribution in [0.4, 0.5) is 0 Å². The number of nitrogens with zero attached hydrogens (tertiary/aromatic N) is 3. The van der Waals surface area contributed by atoms with Crippen molar-refractivity contribution < 1.29 is 4.74 Å². The standard InChI is InChI=1S/C12H22N4O/c1-2-5-11(13)12-9-16(15-14-12)8-10-6-3-4-7-17-10/h9-11H,2-8,13H2,1H3. The monoisotopic (exact) mass is 238 g/mol. The van der Waals surface area contributed by atoms with Gasteiger partial charge in [-0.2, -0.15) is 0 Å². The van der Waals surface area contributed by atoms with E-state index in [2.05, 4.69) is 17.2 Å². The summed E-state index contributed by atoms with van der Waals surface area (Å²) >= 11 is 0. The summed E-state index contributed by atoms with van der Waals surface area (Å²) in [6.45, 7) is 3.80. The van der Waals surface area contributed by atoms with E-state index in [1.807, 2.05) is 10.9 Å². The van der Waals surface area contributed by atoms with Gasteiger partial charge in [0.15, 0.2) is 0 Å². The highest BCUT2D eigenvalue weighted by atomic mass is 16.5. The molecule has 2 N–H and O–H groups in total. The first-order chi connectivity index (χ1) is 8.29. The van der Waals surface area contributed by atoms with Gasteiger partial charge in [-0.05, 0) is 25.7 Å². The summed E-state index contributed by atoms with van der Waals surface area (Å²) in [6, 6.07) is 0.0148. The fourth-order valence-corrected chi connectivity index (χ4v) is 2.19. The van der Waals surface area contributed by atoms with Crippen LogP contribution in [0.15, 0.2) is 6.20 Å². The predicted octanol–water partition coefficient (Wildman–Crippen LogP) is 1.65. The zero-order valence-corrected chi connectivity index (χ0v) is 10.5. The molecule has 0 saturated carbocycles. The van der Waals surface area contributed by atoms with Crippen LogP contribution in [-0.4, -0.2) is 27.7 Å². The van der Waals surface area contributed by atoms with Gasteiger partial charge in [0.1, 0.15) is 0 Å². The summed E-state index contributed by atoms with van der Waals surface area (Å²) < 4.78 is 7.54. The van der Waals surface area contributed by atoms with Crippen LogP contribution < -0.4 is 5.73 Å². The van der Waals surface area contributed by atoms with Gasteiger partial charge in [-0.25, -0.2) is 4.68 Å². The molecule has 1 aliphatic heterocycles. The Hall–Kier alpha value is -0.940. The highest BCUT2D eigenvalue weighted by Gasteiger charge is 2.16. The van der Waals surface area contributed by atoms with Gasteiger partial charge in [0.2, 0.25) is 0 Å². The van der Waals surface area contributed by atoms with Crippen molar-refractivity contribution in [3.63, 3.8) is 0 Å². The summed E-state index contributed by atoms with van der Waals surface area (Å²) in [7, 11) is 0. The molecule has 2 unspecified atom stereocenters. The molecule has 5 nitrogen and oxygen atoms in total. The van der Waals surface area contributed by atoms with Crippen LogP contribution in [0, 0.1) is 0 Å². The van der Waals surface area contributed by atoms with Gasteiger partial charge in [-0.1, -0.05) is 18.6 Å². The number of aromatic nitrogens is 3. The van der Waals surface area contributed by atoms with Crippen LogP contribution in [0.1, 0.15) is 50.8 Å². The smallest absolute Gasteiger partial charge is 0.0994 e. The molecule has 0 radical (unpaired) electrons. The highest BCUT2D eigenvalue weighted by molar-refractivity contribution is 4.99. The predicted molar refractivity (Wildman–Crippen MR) is 65.4 cm³/mol. The third kappa shape index (κ3) is 3.51. The lowest BCUT2D eigenvalue weighted by Gasteiger charge is -2.21. The first kappa shape index (κ1) is 12.5. The molecular weight excluding hydrogens is 216 g/mol. The van der Waals surface area contributed by atoms with E-state index in [9.17, 15) is 0 Å². The molecule has 1 aromatic rings. The van der Waals surface area contributed by atoms with Crippen LogP contribution >= 0.6 is 0 Å². The average molecular weight is 238 g/mol. The molecular formula is C12H22N4O. The third-order valence-corrected chi connectivity index (χ3v) is 3.20. The van der Waals surface area contributed by atoms with Crippen molar-refractivity contribution >= 4 is 0 Å². The van der Waals surface area contributed by atoms with Crippen molar-refractivity contribution in [3.8, 4) is 0 Å². The van der Waals surface area contributed by atoms with Crippen LogP contribution in [0.3, 0.4) is 0 Å². The maximum atomic E-state index is 6.00. The van der Waals surface area contributed by atoms with Crippen molar-refractivity contribution in [3.05, 3.63) is 11.9 Å². The molecule has 5 heteroatoms. The van der Waals surface area contributed by atoms with Crippen molar-refractivity contribution in [2.45, 2.75) is 57.7 Å². The Morgan fingerprint density at radius 3 is 3.18 bits per heavy atom. The van der Waals surface area contributed by atoms with E-state index in [0.717, 1.165) is 38.1 Å². The third-order valence-electron chi connectivity index (χ3n) is 3.20. The second-order valence-electron chi connectivity index (χ2n) is 4.75. The number of hydrogen-bond acceptors (Lipinski definition) is 4. The van der Waals surface area contributed by atoms with Gasteiger partial charge in [0, 0.05) is 6.61 Å². The second-order valence-corrected chi connectivity index (χ2v) is 4.75. The van der Waals surface area contributed by atoms with Gasteiger partial charge < -0.3 is 10.5 Å². The Morgan fingerprint density at radius 2 is 2.47 bits per heavy atom. The Bertz CT molecular complexity index is 333. The van der Waals surface area contributed by atoms with E-state index in [-0.39, 0.29) is 6.04 Å². The van der Waals surface area contributed by atoms with Crippen LogP contribution in [0.25, 0.3) is 0 Å². The zero-order valence-electron chi connectivity index (χ0n) is 10.5. The summed E-state index contributed by atoms with van der Waals surface area (Å²) in [5.41, 5.74) is 6.90. The summed E-state index contributed by atoms with van der Waals surface area (Å²) in [4.78, 5) is 0. The van der Waals surface area contributed by atoms with Gasteiger partial charge in [-0.3, -0.25) is 0 Å². The number of nitrogens with two attached hydrogens (primary N) is 1.